The van der Waals surface area contributed by atoms with Gasteiger partial charge in [-0.25, -0.2) is 0 Å². The smallest absolute Gasteiger partial charge is 0.255 e. The van der Waals surface area contributed by atoms with Crippen molar-refractivity contribution in [3.05, 3.63) is 70.3 Å². The molecule has 1 amide bonds. The number of nitrogens with zero attached hydrogens (tertiary/aromatic N) is 1. The average Bonchev–Trinajstić information content (AvgIpc) is 3.36. The Morgan fingerprint density at radius 2 is 1.49 bits per heavy atom. The number of allylic oxidation sites excluding steroid dienone is 1. The molecular formula is C34H49BrN2O3S. The van der Waals surface area contributed by atoms with Gasteiger partial charge in [0.2, 0.25) is 0 Å². The quantitative estimate of drug-likeness (QED) is 0.122. The third-order valence-corrected chi connectivity index (χ3v) is 8.32. The molecule has 0 saturated heterocycles. The Morgan fingerprint density at radius 1 is 0.878 bits per heavy atom. The maximum absolute atomic E-state index is 12.8. The molecular weight excluding hydrogens is 596 g/mol. The lowest BCUT2D eigenvalue weighted by atomic mass is 10.1. The lowest BCUT2D eigenvalue weighted by Gasteiger charge is -2.15. The highest BCUT2D eigenvalue weighted by Gasteiger charge is 2.14. The summed E-state index contributed by atoms with van der Waals surface area (Å²) in [6.07, 6.45) is 17.7. The van der Waals surface area contributed by atoms with Gasteiger partial charge in [-0.15, -0.1) is 28.7 Å². The number of carbonyl (C=O) groups excluding carboxylic acids is 2. The second-order valence-electron chi connectivity index (χ2n) is 10.9. The molecule has 2 aromatic carbocycles. The van der Waals surface area contributed by atoms with E-state index in [2.05, 4.69) is 30.3 Å². The second kappa shape index (κ2) is 19.8. The Kier molecular flexibility index (Phi) is 16.9. The van der Waals surface area contributed by atoms with Crippen LogP contribution in [0.5, 0.6) is 5.75 Å². The van der Waals surface area contributed by atoms with Crippen molar-refractivity contribution in [1.82, 2.24) is 4.90 Å². The number of nitrogens with one attached hydrogen (secondary N) is 1. The number of Topliss-reactive ketones (excluding diaryl/α,β-unsaturated/α-hetero) is 1. The highest BCUT2D eigenvalue weighted by atomic mass is 79.9. The molecule has 1 N–H and O–H groups in total. The summed E-state index contributed by atoms with van der Waals surface area (Å²) in [5, 5.41) is 2.93. The van der Waals surface area contributed by atoms with E-state index < -0.39 is 0 Å². The van der Waals surface area contributed by atoms with Gasteiger partial charge in [-0.3, -0.25) is 9.59 Å². The van der Waals surface area contributed by atoms with E-state index in [4.69, 9.17) is 4.74 Å². The molecule has 0 aromatic heterocycles. The fourth-order valence-corrected chi connectivity index (χ4v) is 5.70. The SMILES string of the molecule is Br.CCCCCCCCCCCCCCOc1ccc(NC(=O)c2ccc(CN3C=C(C)SC3)cc2)cc1C(C)=O. The fourth-order valence-electron chi connectivity index (χ4n) is 4.94. The Bertz CT molecular complexity index is 1100. The van der Waals surface area contributed by atoms with Gasteiger partial charge >= 0.3 is 0 Å². The lowest BCUT2D eigenvalue weighted by molar-refractivity contribution is 0.100. The summed E-state index contributed by atoms with van der Waals surface area (Å²) in [6, 6.07) is 13.0. The zero-order chi connectivity index (χ0) is 28.6. The van der Waals surface area contributed by atoms with Crippen molar-refractivity contribution in [2.24, 2.45) is 0 Å². The van der Waals surface area contributed by atoms with Crippen molar-refractivity contribution >= 4 is 46.1 Å². The zero-order valence-electron chi connectivity index (χ0n) is 25.2. The molecule has 3 rings (SSSR count). The van der Waals surface area contributed by atoms with E-state index in [1.165, 1.54) is 76.0 Å². The zero-order valence-corrected chi connectivity index (χ0v) is 27.7. The minimum Gasteiger partial charge on any atom is -0.493 e. The van der Waals surface area contributed by atoms with E-state index in [1.54, 1.807) is 18.2 Å². The first-order valence-electron chi connectivity index (χ1n) is 15.2. The van der Waals surface area contributed by atoms with Gasteiger partial charge in [0.25, 0.3) is 5.91 Å². The molecule has 0 radical (unpaired) electrons. The van der Waals surface area contributed by atoms with E-state index in [9.17, 15) is 9.59 Å². The molecule has 1 aliphatic heterocycles. The van der Waals surface area contributed by atoms with Crippen molar-refractivity contribution < 1.29 is 14.3 Å². The van der Waals surface area contributed by atoms with Gasteiger partial charge in [0, 0.05) is 24.0 Å². The van der Waals surface area contributed by atoms with E-state index in [0.717, 1.165) is 30.8 Å². The second-order valence-corrected chi connectivity index (χ2v) is 12.1. The summed E-state index contributed by atoms with van der Waals surface area (Å²) in [4.78, 5) is 28.7. The molecule has 2 aromatic rings. The maximum atomic E-state index is 12.8. The minimum absolute atomic E-state index is 0. The van der Waals surface area contributed by atoms with Gasteiger partial charge in [-0.1, -0.05) is 89.7 Å². The summed E-state index contributed by atoms with van der Waals surface area (Å²) in [5.74, 6) is 1.28. The number of hydrogen-bond donors (Lipinski definition) is 1. The number of halogens is 1. The number of anilines is 1. The molecule has 0 saturated carbocycles. The van der Waals surface area contributed by atoms with Gasteiger partial charge in [-0.05, 0) is 61.1 Å². The standard InChI is InChI=1S/C34H48N2O3S.BrH/c1-4-5-6-7-8-9-10-11-12-13-14-15-22-39-33-21-20-31(23-32(33)28(3)37)35-34(38)30-18-16-29(17-19-30)25-36-24-27(2)40-26-36;/h16-21,23-24H,4-15,22,25-26H2,1-3H3,(H,35,38);1H. The molecule has 41 heavy (non-hydrogen) atoms. The minimum atomic E-state index is -0.196. The van der Waals surface area contributed by atoms with E-state index in [0.29, 0.717) is 29.2 Å². The number of carbonyl (C=O) groups is 2. The van der Waals surface area contributed by atoms with Gasteiger partial charge in [-0.2, -0.15) is 0 Å². The van der Waals surface area contributed by atoms with Crippen LogP contribution >= 0.6 is 28.7 Å². The van der Waals surface area contributed by atoms with Crippen LogP contribution in [0, 0.1) is 0 Å². The topological polar surface area (TPSA) is 58.6 Å². The van der Waals surface area contributed by atoms with Crippen molar-refractivity contribution in [2.75, 3.05) is 17.8 Å². The first-order valence-corrected chi connectivity index (χ1v) is 16.2. The lowest BCUT2D eigenvalue weighted by Crippen LogP contribution is -2.14. The van der Waals surface area contributed by atoms with Crippen molar-refractivity contribution in [1.29, 1.82) is 0 Å². The number of thioether (sulfide) groups is 1. The molecule has 0 fully saturated rings. The van der Waals surface area contributed by atoms with Crippen LogP contribution in [-0.4, -0.2) is 29.1 Å². The van der Waals surface area contributed by atoms with Crippen LogP contribution in [0.25, 0.3) is 0 Å². The van der Waals surface area contributed by atoms with Crippen LogP contribution in [-0.2, 0) is 6.54 Å². The summed E-state index contributed by atoms with van der Waals surface area (Å²) in [6.45, 7) is 7.34. The Hall–Kier alpha value is -2.25. The van der Waals surface area contributed by atoms with E-state index in [-0.39, 0.29) is 28.7 Å². The third-order valence-electron chi connectivity index (χ3n) is 7.30. The molecule has 0 atom stereocenters. The molecule has 0 bridgehead atoms. The van der Waals surface area contributed by atoms with Crippen molar-refractivity contribution in [3.8, 4) is 5.75 Å². The number of amides is 1. The number of rotatable bonds is 19. The van der Waals surface area contributed by atoms with Crippen LogP contribution in [0.4, 0.5) is 5.69 Å². The van der Waals surface area contributed by atoms with Crippen LogP contribution in [0.2, 0.25) is 0 Å². The summed E-state index contributed by atoms with van der Waals surface area (Å²) in [7, 11) is 0. The predicted octanol–water partition coefficient (Wildman–Crippen LogP) is 10.2. The van der Waals surface area contributed by atoms with Crippen LogP contribution in [0.3, 0.4) is 0 Å². The van der Waals surface area contributed by atoms with Crippen LogP contribution < -0.4 is 10.1 Å². The highest BCUT2D eigenvalue weighted by Crippen LogP contribution is 2.27. The van der Waals surface area contributed by atoms with Crippen molar-refractivity contribution in [3.63, 3.8) is 0 Å². The first kappa shape index (κ1) is 34.9. The number of ketones is 1. The molecule has 0 spiro atoms. The molecule has 226 valence electrons. The Labute approximate surface area is 262 Å². The summed E-state index contributed by atoms with van der Waals surface area (Å²) >= 11 is 1.84. The monoisotopic (exact) mass is 644 g/mol. The van der Waals surface area contributed by atoms with E-state index >= 15 is 0 Å². The molecule has 0 unspecified atom stereocenters. The first-order chi connectivity index (χ1) is 19.5. The largest absolute Gasteiger partial charge is 0.493 e. The summed E-state index contributed by atoms with van der Waals surface area (Å²) < 4.78 is 5.97. The average molecular weight is 646 g/mol. The van der Waals surface area contributed by atoms with Gasteiger partial charge in [0.05, 0.1) is 18.0 Å². The number of benzene rings is 2. The fraction of sp³-hybridized carbons (Fsp3) is 0.529. The van der Waals surface area contributed by atoms with Crippen molar-refractivity contribution in [2.45, 2.75) is 104 Å². The summed E-state index contributed by atoms with van der Waals surface area (Å²) in [5.41, 5.74) is 2.84. The molecule has 1 heterocycles. The van der Waals surface area contributed by atoms with E-state index in [1.807, 2.05) is 36.0 Å². The molecule has 5 nitrogen and oxygen atoms in total. The molecule has 1 aliphatic rings. The Morgan fingerprint density at radius 3 is 2.05 bits per heavy atom. The normalized spacial score (nSPS) is 12.6. The molecule has 7 heteroatoms. The predicted molar refractivity (Wildman–Crippen MR) is 179 cm³/mol. The number of ether oxygens (including phenoxy) is 1. The van der Waals surface area contributed by atoms with Gasteiger partial charge in [0.1, 0.15) is 5.75 Å². The Balaban J connectivity index is 0.00000588. The third kappa shape index (κ3) is 13.1. The van der Waals surface area contributed by atoms with Crippen LogP contribution in [0.1, 0.15) is 124 Å². The van der Waals surface area contributed by atoms with Gasteiger partial charge < -0.3 is 15.0 Å². The highest BCUT2D eigenvalue weighted by molar-refractivity contribution is 8.93. The number of hydrogen-bond acceptors (Lipinski definition) is 5. The number of unbranched alkanes of at least 4 members (excludes halogenated alkanes) is 11. The van der Waals surface area contributed by atoms with Crippen LogP contribution in [0.15, 0.2) is 53.6 Å². The van der Waals surface area contributed by atoms with Gasteiger partial charge in [0.15, 0.2) is 5.78 Å². The molecule has 0 aliphatic carbocycles. The maximum Gasteiger partial charge on any atom is 0.255 e.